The van der Waals surface area contributed by atoms with E-state index in [1.165, 1.54) is 0 Å². The maximum absolute atomic E-state index is 8.83. The topological polar surface area (TPSA) is 74.1 Å². The van der Waals surface area contributed by atoms with Crippen LogP contribution in [0.5, 0.6) is 0 Å². The van der Waals surface area contributed by atoms with Gasteiger partial charge in [0.1, 0.15) is 18.2 Å². The Kier molecular flexibility index (Phi) is 7.48. The summed E-state index contributed by atoms with van der Waals surface area (Å²) in [4.78, 5) is 11.0. The predicted molar refractivity (Wildman–Crippen MR) is 84.2 cm³/mol. The summed E-state index contributed by atoms with van der Waals surface area (Å²) in [6, 6.07) is 4.21. The van der Waals surface area contributed by atoms with Gasteiger partial charge in [-0.3, -0.25) is 0 Å². The van der Waals surface area contributed by atoms with Gasteiger partial charge in [-0.05, 0) is 20.3 Å². The van der Waals surface area contributed by atoms with E-state index < -0.39 is 0 Å². The van der Waals surface area contributed by atoms with Crippen molar-refractivity contribution in [1.29, 1.82) is 5.26 Å². The van der Waals surface area contributed by atoms with Gasteiger partial charge in [-0.1, -0.05) is 6.92 Å². The summed E-state index contributed by atoms with van der Waals surface area (Å²) in [5.74, 6) is 2.26. The summed E-state index contributed by atoms with van der Waals surface area (Å²) in [6.07, 6.45) is 1.49. The number of rotatable bonds is 9. The molecule has 1 heterocycles. The summed E-state index contributed by atoms with van der Waals surface area (Å²) >= 11 is 0. The van der Waals surface area contributed by atoms with Gasteiger partial charge in [0, 0.05) is 32.3 Å². The van der Waals surface area contributed by atoms with E-state index in [-0.39, 0.29) is 6.04 Å². The van der Waals surface area contributed by atoms with Gasteiger partial charge in [0.2, 0.25) is 0 Å². The summed E-state index contributed by atoms with van der Waals surface area (Å²) in [5, 5.41) is 12.1. The van der Waals surface area contributed by atoms with Crippen molar-refractivity contribution in [2.75, 3.05) is 30.4 Å². The third kappa shape index (κ3) is 5.56. The fraction of sp³-hybridized carbons (Fsp3) is 0.667. The van der Waals surface area contributed by atoms with Crippen molar-refractivity contribution in [3.8, 4) is 6.07 Å². The zero-order chi connectivity index (χ0) is 15.7. The van der Waals surface area contributed by atoms with E-state index in [1.54, 1.807) is 0 Å². The smallest absolute Gasteiger partial charge is 0.158 e. The van der Waals surface area contributed by atoms with Crippen LogP contribution in [0.25, 0.3) is 0 Å². The normalized spacial score (nSPS) is 11.8. The first-order chi connectivity index (χ1) is 10.1. The Bertz CT molecular complexity index is 445. The van der Waals surface area contributed by atoms with E-state index in [1.807, 2.05) is 31.9 Å². The van der Waals surface area contributed by atoms with E-state index in [4.69, 9.17) is 10.00 Å². The second kappa shape index (κ2) is 9.14. The van der Waals surface area contributed by atoms with E-state index in [0.717, 1.165) is 24.6 Å². The molecule has 0 fully saturated rings. The molecule has 0 bridgehead atoms. The first-order valence-corrected chi connectivity index (χ1v) is 7.41. The van der Waals surface area contributed by atoms with Crippen molar-refractivity contribution in [2.45, 2.75) is 46.3 Å². The van der Waals surface area contributed by atoms with Crippen LogP contribution in [-0.2, 0) is 11.3 Å². The molecule has 0 aliphatic rings. The van der Waals surface area contributed by atoms with E-state index in [0.29, 0.717) is 25.5 Å². The fourth-order valence-corrected chi connectivity index (χ4v) is 1.76. The molecule has 1 aromatic heterocycles. The van der Waals surface area contributed by atoms with Gasteiger partial charge in [-0.25, -0.2) is 9.97 Å². The Hall–Kier alpha value is -1.87. The molecule has 0 saturated carbocycles. The molecule has 1 aromatic rings. The van der Waals surface area contributed by atoms with Crippen LogP contribution in [0.4, 0.5) is 11.6 Å². The van der Waals surface area contributed by atoms with Crippen molar-refractivity contribution in [3.63, 3.8) is 0 Å². The highest BCUT2D eigenvalue weighted by Crippen LogP contribution is 2.18. The molecule has 6 heteroatoms. The molecular weight excluding hydrogens is 266 g/mol. The Balaban J connectivity index is 2.96. The summed E-state index contributed by atoms with van der Waals surface area (Å²) in [5.41, 5.74) is 0. The van der Waals surface area contributed by atoms with Crippen LogP contribution in [0.1, 0.15) is 39.4 Å². The molecule has 1 unspecified atom stereocenters. The second-order valence-corrected chi connectivity index (χ2v) is 4.91. The molecule has 0 amide bonds. The largest absolute Gasteiger partial charge is 0.374 e. The molecule has 21 heavy (non-hydrogen) atoms. The predicted octanol–water partition coefficient (Wildman–Crippen LogP) is 2.57. The highest BCUT2D eigenvalue weighted by molar-refractivity contribution is 5.49. The third-order valence-electron chi connectivity index (χ3n) is 3.16. The van der Waals surface area contributed by atoms with Crippen LogP contribution in [0.2, 0.25) is 0 Å². The molecule has 0 spiro atoms. The lowest BCUT2D eigenvalue weighted by Crippen LogP contribution is -2.29. The zero-order valence-electron chi connectivity index (χ0n) is 13.4. The van der Waals surface area contributed by atoms with Crippen LogP contribution in [0.15, 0.2) is 6.07 Å². The van der Waals surface area contributed by atoms with Gasteiger partial charge in [-0.15, -0.1) is 0 Å². The summed E-state index contributed by atoms with van der Waals surface area (Å²) in [6.45, 7) is 7.95. The van der Waals surface area contributed by atoms with Crippen molar-refractivity contribution in [2.24, 2.45) is 0 Å². The zero-order valence-corrected chi connectivity index (χ0v) is 13.4. The minimum atomic E-state index is 0.101. The van der Waals surface area contributed by atoms with Crippen LogP contribution < -0.4 is 10.2 Å². The molecule has 6 nitrogen and oxygen atoms in total. The van der Waals surface area contributed by atoms with Crippen LogP contribution in [-0.4, -0.2) is 36.2 Å². The fourth-order valence-electron chi connectivity index (χ4n) is 1.76. The van der Waals surface area contributed by atoms with Crippen LogP contribution >= 0.6 is 0 Å². The Morgan fingerprint density at radius 2 is 2.19 bits per heavy atom. The molecule has 1 atom stereocenters. The molecular formula is C15H25N5O. The van der Waals surface area contributed by atoms with Crippen LogP contribution in [0, 0.1) is 11.3 Å². The van der Waals surface area contributed by atoms with Crippen molar-refractivity contribution in [1.82, 2.24) is 9.97 Å². The molecule has 1 rings (SSSR count). The number of hydrogen-bond acceptors (Lipinski definition) is 6. The minimum Gasteiger partial charge on any atom is -0.374 e. The third-order valence-corrected chi connectivity index (χ3v) is 3.16. The van der Waals surface area contributed by atoms with E-state index in [2.05, 4.69) is 28.3 Å². The lowest BCUT2D eigenvalue weighted by Gasteiger charge is -2.25. The van der Waals surface area contributed by atoms with Gasteiger partial charge in [0.25, 0.3) is 0 Å². The van der Waals surface area contributed by atoms with E-state index in [9.17, 15) is 0 Å². The molecule has 1 N–H and O–H groups in total. The highest BCUT2D eigenvalue weighted by Gasteiger charge is 2.13. The lowest BCUT2D eigenvalue weighted by atomic mass is 10.2. The summed E-state index contributed by atoms with van der Waals surface area (Å²) in [7, 11) is 1.94. The lowest BCUT2D eigenvalue weighted by molar-refractivity contribution is 0.128. The van der Waals surface area contributed by atoms with Gasteiger partial charge < -0.3 is 15.0 Å². The monoisotopic (exact) mass is 291 g/mol. The molecule has 116 valence electrons. The number of nitrogens with zero attached hydrogens (tertiary/aromatic N) is 4. The molecule has 0 aromatic carbocycles. The molecule has 0 radical (unpaired) electrons. The van der Waals surface area contributed by atoms with Crippen molar-refractivity contribution in [3.05, 3.63) is 11.9 Å². The number of anilines is 2. The number of ether oxygens (including phenoxy) is 1. The standard InChI is InChI=1S/C15H25N5O/c1-5-9-17-13-10-15(20(4)12(3)7-8-16)19-14(18-13)11-21-6-2/h10,12H,5-7,9,11H2,1-4H3,(H,17,18,19). The molecule has 0 saturated heterocycles. The quantitative estimate of drug-likeness (QED) is 0.753. The number of hydrogen-bond donors (Lipinski definition) is 1. The number of nitrogens with one attached hydrogen (secondary N) is 1. The second-order valence-electron chi connectivity index (χ2n) is 4.91. The maximum atomic E-state index is 8.83. The Morgan fingerprint density at radius 1 is 1.43 bits per heavy atom. The first-order valence-electron chi connectivity index (χ1n) is 7.41. The Labute approximate surface area is 127 Å². The van der Waals surface area contributed by atoms with Gasteiger partial charge in [-0.2, -0.15) is 5.26 Å². The Morgan fingerprint density at radius 3 is 2.81 bits per heavy atom. The SMILES string of the molecule is CCCNc1cc(N(C)C(C)CC#N)nc(COCC)n1. The first kappa shape index (κ1) is 17.2. The van der Waals surface area contributed by atoms with Crippen LogP contribution in [0.3, 0.4) is 0 Å². The highest BCUT2D eigenvalue weighted by atomic mass is 16.5. The molecule has 0 aliphatic carbocycles. The van der Waals surface area contributed by atoms with Crippen molar-refractivity contribution >= 4 is 11.6 Å². The molecule has 0 aliphatic heterocycles. The average molecular weight is 291 g/mol. The van der Waals surface area contributed by atoms with Gasteiger partial charge in [0.15, 0.2) is 5.82 Å². The average Bonchev–Trinajstić information content (AvgIpc) is 2.50. The van der Waals surface area contributed by atoms with Gasteiger partial charge in [0.05, 0.1) is 12.5 Å². The van der Waals surface area contributed by atoms with Gasteiger partial charge >= 0.3 is 0 Å². The minimum absolute atomic E-state index is 0.101. The number of nitriles is 1. The van der Waals surface area contributed by atoms with Crippen molar-refractivity contribution < 1.29 is 4.74 Å². The van der Waals surface area contributed by atoms with E-state index >= 15 is 0 Å². The maximum Gasteiger partial charge on any atom is 0.158 e. The number of aromatic nitrogens is 2. The summed E-state index contributed by atoms with van der Waals surface area (Å²) < 4.78 is 5.40.